The van der Waals surface area contributed by atoms with Crippen molar-refractivity contribution in [2.45, 2.75) is 39.2 Å². The number of carbonyl (C=O) groups excluding carboxylic acids is 2. The lowest BCUT2D eigenvalue weighted by Gasteiger charge is -2.23. The highest BCUT2D eigenvalue weighted by molar-refractivity contribution is 8.18. The summed E-state index contributed by atoms with van der Waals surface area (Å²) in [7, 11) is 0. The van der Waals surface area contributed by atoms with E-state index >= 15 is 0 Å². The van der Waals surface area contributed by atoms with E-state index < -0.39 is 23.3 Å². The molecule has 2 fully saturated rings. The number of hydrogen-bond donors (Lipinski definition) is 1. The van der Waals surface area contributed by atoms with E-state index in [0.717, 1.165) is 23.8 Å². The van der Waals surface area contributed by atoms with Gasteiger partial charge in [-0.3, -0.25) is 14.9 Å². The quantitative estimate of drug-likeness (QED) is 0.587. The van der Waals surface area contributed by atoms with E-state index in [4.69, 9.17) is 9.47 Å². The van der Waals surface area contributed by atoms with Gasteiger partial charge >= 0.3 is 6.36 Å². The molecule has 0 bridgehead atoms. The second-order valence-corrected chi connectivity index (χ2v) is 8.97. The third-order valence-electron chi connectivity index (χ3n) is 4.97. The molecule has 1 N–H and O–H groups in total. The Labute approximate surface area is 186 Å². The lowest BCUT2D eigenvalue weighted by molar-refractivity contribution is -0.274. The average Bonchev–Trinajstić information content (AvgIpc) is 3.26. The summed E-state index contributed by atoms with van der Waals surface area (Å²) in [5.74, 6) is -0.136. The van der Waals surface area contributed by atoms with Crippen LogP contribution in [0.4, 0.5) is 18.0 Å². The zero-order valence-corrected chi connectivity index (χ0v) is 18.1. The Balaban J connectivity index is 1.82. The van der Waals surface area contributed by atoms with Crippen LogP contribution in [0.1, 0.15) is 37.8 Å². The van der Waals surface area contributed by atoms with Gasteiger partial charge < -0.3 is 14.2 Å². The van der Waals surface area contributed by atoms with Crippen molar-refractivity contribution in [1.29, 1.82) is 0 Å². The van der Waals surface area contributed by atoms with Crippen LogP contribution in [0.25, 0.3) is 11.6 Å². The molecule has 0 radical (unpaired) electrons. The van der Waals surface area contributed by atoms with Crippen LogP contribution in [0.2, 0.25) is 0 Å². The molecule has 1 aromatic carbocycles. The number of amides is 2. The van der Waals surface area contributed by atoms with E-state index in [1.807, 2.05) is 6.08 Å². The van der Waals surface area contributed by atoms with Crippen LogP contribution in [-0.2, 0) is 14.3 Å². The minimum atomic E-state index is -4.89. The van der Waals surface area contributed by atoms with E-state index in [2.05, 4.69) is 23.9 Å². The Kier molecular flexibility index (Phi) is 6.09. The van der Waals surface area contributed by atoms with Crippen molar-refractivity contribution in [3.63, 3.8) is 0 Å². The maximum absolute atomic E-state index is 13.1. The number of thioether (sulfide) groups is 1. The predicted molar refractivity (Wildman–Crippen MR) is 112 cm³/mol. The zero-order chi connectivity index (χ0) is 23.0. The molecule has 1 unspecified atom stereocenters. The third kappa shape index (κ3) is 5.02. The molecule has 4 rings (SSSR count). The summed E-state index contributed by atoms with van der Waals surface area (Å²) in [6.45, 7) is 4.13. The number of fused-ring (bicyclic) bond motifs is 1. The van der Waals surface area contributed by atoms with Crippen molar-refractivity contribution in [2.75, 3.05) is 6.79 Å². The van der Waals surface area contributed by atoms with Gasteiger partial charge in [0.25, 0.3) is 11.1 Å². The first kappa shape index (κ1) is 22.5. The summed E-state index contributed by atoms with van der Waals surface area (Å²) in [5.41, 5.74) is 2.09. The van der Waals surface area contributed by atoms with Gasteiger partial charge in [-0.15, -0.1) is 13.2 Å². The molecule has 170 valence electrons. The molecule has 1 atom stereocenters. The molecule has 6 nitrogen and oxygen atoms in total. The van der Waals surface area contributed by atoms with Gasteiger partial charge in [-0.1, -0.05) is 31.6 Å². The van der Waals surface area contributed by atoms with Crippen LogP contribution in [0.3, 0.4) is 0 Å². The van der Waals surface area contributed by atoms with Crippen LogP contribution >= 0.6 is 11.8 Å². The Morgan fingerprint density at radius 3 is 2.75 bits per heavy atom. The number of hydrogen-bond acceptors (Lipinski definition) is 6. The molecule has 1 aromatic rings. The molecule has 10 heteroatoms. The number of benzene rings is 1. The van der Waals surface area contributed by atoms with E-state index in [9.17, 15) is 22.8 Å². The van der Waals surface area contributed by atoms with Crippen LogP contribution in [0.5, 0.6) is 5.75 Å². The Bertz CT molecular complexity index is 1060. The summed E-state index contributed by atoms with van der Waals surface area (Å²) in [6, 6.07) is 4.07. The molecule has 32 heavy (non-hydrogen) atoms. The van der Waals surface area contributed by atoms with Crippen molar-refractivity contribution in [3.05, 3.63) is 51.6 Å². The van der Waals surface area contributed by atoms with Gasteiger partial charge in [-0.2, -0.15) is 0 Å². The van der Waals surface area contributed by atoms with Gasteiger partial charge in [0.05, 0.1) is 4.91 Å². The first-order chi connectivity index (χ1) is 15.1. The van der Waals surface area contributed by atoms with Crippen LogP contribution < -0.4 is 10.1 Å². The maximum Gasteiger partial charge on any atom is 0.573 e. The summed E-state index contributed by atoms with van der Waals surface area (Å²) in [6.07, 6.45) is -0.625. The van der Waals surface area contributed by atoms with E-state index in [-0.39, 0.29) is 23.4 Å². The van der Waals surface area contributed by atoms with Gasteiger partial charge in [0.2, 0.25) is 0 Å². The fourth-order valence-corrected chi connectivity index (χ4v) is 4.52. The molecule has 0 saturated carbocycles. The van der Waals surface area contributed by atoms with Gasteiger partial charge in [-0.05, 0) is 47.9 Å². The largest absolute Gasteiger partial charge is 0.573 e. The van der Waals surface area contributed by atoms with Crippen LogP contribution in [0, 0.1) is 5.92 Å². The number of rotatable bonds is 5. The molecule has 1 aliphatic carbocycles. The van der Waals surface area contributed by atoms with Crippen molar-refractivity contribution in [3.8, 4) is 5.75 Å². The fourth-order valence-electron chi connectivity index (χ4n) is 3.83. The van der Waals surface area contributed by atoms with Crippen molar-refractivity contribution < 1.29 is 37.0 Å². The van der Waals surface area contributed by atoms with Gasteiger partial charge in [-0.25, -0.2) is 0 Å². The zero-order valence-electron chi connectivity index (χ0n) is 17.2. The molecule has 2 amide bonds. The molecule has 0 aromatic heterocycles. The highest BCUT2D eigenvalue weighted by Crippen LogP contribution is 2.42. The molecular formula is C22H20F3NO5S. The Morgan fingerprint density at radius 1 is 1.31 bits per heavy atom. The smallest absolute Gasteiger partial charge is 0.468 e. The molecule has 2 aliphatic heterocycles. The molecule has 2 heterocycles. The fraction of sp³-hybridized carbons (Fsp3) is 0.364. The number of carbonyl (C=O) groups is 2. The number of nitrogens with one attached hydrogen (secondary N) is 1. The Hall–Kier alpha value is -2.72. The van der Waals surface area contributed by atoms with E-state index in [0.29, 0.717) is 29.2 Å². The van der Waals surface area contributed by atoms with Gasteiger partial charge in [0, 0.05) is 17.6 Å². The number of allylic oxidation sites excluding steroid dienone is 2. The van der Waals surface area contributed by atoms with Crippen molar-refractivity contribution >= 4 is 34.6 Å². The van der Waals surface area contributed by atoms with Crippen LogP contribution in [-0.4, -0.2) is 30.4 Å². The first-order valence-electron chi connectivity index (χ1n) is 9.92. The molecule has 3 aliphatic rings. The SMILES string of the molecule is CC(C)CC1=CC(c2cc(/C=C3\SC(=O)NC3=O)ccc2OC(F)(F)F)=C2OCOC2C1. The van der Waals surface area contributed by atoms with Gasteiger partial charge in [0.1, 0.15) is 17.6 Å². The van der Waals surface area contributed by atoms with E-state index in [1.165, 1.54) is 24.3 Å². The number of halogens is 3. The lowest BCUT2D eigenvalue weighted by atomic mass is 9.87. The normalized spacial score (nSPS) is 22.2. The predicted octanol–water partition coefficient (Wildman–Crippen LogP) is 5.37. The van der Waals surface area contributed by atoms with Crippen molar-refractivity contribution in [2.24, 2.45) is 5.92 Å². The molecule has 0 spiro atoms. The second-order valence-electron chi connectivity index (χ2n) is 7.96. The highest BCUT2D eigenvalue weighted by atomic mass is 32.2. The minimum absolute atomic E-state index is 0.0183. The molecular weight excluding hydrogens is 447 g/mol. The number of imide groups is 1. The van der Waals surface area contributed by atoms with E-state index in [1.54, 1.807) is 0 Å². The number of alkyl halides is 3. The topological polar surface area (TPSA) is 73.9 Å². The standard InChI is InChI=1S/C22H20F3NO5S/c1-11(2)5-13-7-15(19-17(8-13)29-10-30-19)14-6-12(3-4-16(14)31-22(23,24)25)9-18-20(27)26-21(28)32-18/h3-4,6-7,9,11,17H,5,8,10H2,1-2H3,(H,26,27,28)/b18-9-. The van der Waals surface area contributed by atoms with Gasteiger partial charge in [0.15, 0.2) is 6.79 Å². The third-order valence-corrected chi connectivity index (χ3v) is 5.78. The summed E-state index contributed by atoms with van der Waals surface area (Å²) in [5, 5.41) is 1.65. The highest BCUT2D eigenvalue weighted by Gasteiger charge is 2.36. The summed E-state index contributed by atoms with van der Waals surface area (Å²) < 4.78 is 54.9. The Morgan fingerprint density at radius 2 is 2.09 bits per heavy atom. The average molecular weight is 467 g/mol. The lowest BCUT2D eigenvalue weighted by Crippen LogP contribution is -2.19. The number of ether oxygens (including phenoxy) is 3. The monoisotopic (exact) mass is 467 g/mol. The maximum atomic E-state index is 13.1. The van der Waals surface area contributed by atoms with Crippen molar-refractivity contribution in [1.82, 2.24) is 5.32 Å². The van der Waals surface area contributed by atoms with Crippen LogP contribution in [0.15, 0.2) is 40.5 Å². The first-order valence-corrected chi connectivity index (χ1v) is 10.7. The second kappa shape index (κ2) is 8.67. The summed E-state index contributed by atoms with van der Waals surface area (Å²) >= 11 is 0.728. The molecule has 2 saturated heterocycles. The minimum Gasteiger partial charge on any atom is -0.468 e. The summed E-state index contributed by atoms with van der Waals surface area (Å²) in [4.78, 5) is 23.5.